The molecule has 2 rings (SSSR count). The second kappa shape index (κ2) is 8.15. The van der Waals surface area contributed by atoms with Gasteiger partial charge in [0.15, 0.2) is 0 Å². The van der Waals surface area contributed by atoms with Crippen molar-refractivity contribution < 1.29 is 19.4 Å². The van der Waals surface area contributed by atoms with Gasteiger partial charge in [-0.3, -0.25) is 4.79 Å². The summed E-state index contributed by atoms with van der Waals surface area (Å²) in [7, 11) is 0. The van der Waals surface area contributed by atoms with Crippen molar-refractivity contribution in [1.29, 1.82) is 0 Å². The van der Waals surface area contributed by atoms with E-state index in [1.165, 1.54) is 18.2 Å². The number of aromatic hydroxyl groups is 1. The highest BCUT2D eigenvalue weighted by atomic mass is 16.5. The Morgan fingerprint density at radius 2 is 1.71 bits per heavy atom. The van der Waals surface area contributed by atoms with Crippen molar-refractivity contribution in [2.75, 3.05) is 13.1 Å². The first-order valence-electron chi connectivity index (χ1n) is 7.90. The molecular weight excluding hydrogens is 306 g/mol. The summed E-state index contributed by atoms with van der Waals surface area (Å²) < 4.78 is 5.48. The average Bonchev–Trinajstić information content (AvgIpc) is 2.61. The number of rotatable bonds is 6. The molecule has 0 aliphatic carbocycles. The number of esters is 1. The van der Waals surface area contributed by atoms with Crippen LogP contribution in [0.4, 0.5) is 0 Å². The molecule has 126 valence electrons. The van der Waals surface area contributed by atoms with Crippen LogP contribution < -0.4 is 0 Å². The number of phenolic OH excluding ortho intramolecular Hbond substituents is 1. The number of likely N-dealkylation sites (N-methyl/N-ethyl adjacent to an activating group) is 1. The fraction of sp³-hybridized carbons (Fsp3) is 0.263. The summed E-state index contributed by atoms with van der Waals surface area (Å²) in [6.07, 6.45) is -1.01. The third kappa shape index (κ3) is 4.13. The Labute approximate surface area is 141 Å². The summed E-state index contributed by atoms with van der Waals surface area (Å²) in [4.78, 5) is 26.7. The monoisotopic (exact) mass is 327 g/mol. The maximum absolute atomic E-state index is 12.7. The first-order chi connectivity index (χ1) is 11.6. The minimum Gasteiger partial charge on any atom is -0.508 e. The number of carbonyl (C=O) groups is 2. The van der Waals surface area contributed by atoms with E-state index in [-0.39, 0.29) is 17.2 Å². The summed E-state index contributed by atoms with van der Waals surface area (Å²) in [5.74, 6) is -0.948. The number of hydrogen-bond acceptors (Lipinski definition) is 4. The Morgan fingerprint density at radius 1 is 1.04 bits per heavy atom. The number of nitrogens with zero attached hydrogens (tertiary/aromatic N) is 1. The zero-order valence-corrected chi connectivity index (χ0v) is 13.8. The molecule has 0 saturated heterocycles. The Hall–Kier alpha value is -2.82. The number of benzene rings is 2. The fourth-order valence-electron chi connectivity index (χ4n) is 2.40. The molecule has 0 spiro atoms. The van der Waals surface area contributed by atoms with Gasteiger partial charge in [0.05, 0.1) is 5.56 Å². The van der Waals surface area contributed by atoms with Gasteiger partial charge in [-0.1, -0.05) is 36.4 Å². The molecule has 0 aliphatic heterocycles. The summed E-state index contributed by atoms with van der Waals surface area (Å²) >= 11 is 0. The Bertz CT molecular complexity index is 696. The minimum absolute atomic E-state index is 0.0317. The standard InChI is InChI=1S/C19H21NO4/c1-3-20(4-2)18(22)17(14-9-6-5-7-10-14)24-19(23)15-11-8-12-16(21)13-15/h5-13,17,21H,3-4H2,1-2H3/t17-/m0/s1. The molecule has 5 heteroatoms. The lowest BCUT2D eigenvalue weighted by molar-refractivity contribution is -0.140. The molecule has 24 heavy (non-hydrogen) atoms. The molecule has 0 unspecified atom stereocenters. The van der Waals surface area contributed by atoms with Gasteiger partial charge in [0.2, 0.25) is 6.10 Å². The SMILES string of the molecule is CCN(CC)C(=O)[C@@H](OC(=O)c1cccc(O)c1)c1ccccc1. The molecule has 0 saturated carbocycles. The highest BCUT2D eigenvalue weighted by Gasteiger charge is 2.28. The van der Waals surface area contributed by atoms with Crippen LogP contribution in [0.3, 0.4) is 0 Å². The smallest absolute Gasteiger partial charge is 0.339 e. The van der Waals surface area contributed by atoms with Crippen molar-refractivity contribution in [3.05, 3.63) is 65.7 Å². The number of ether oxygens (including phenoxy) is 1. The predicted octanol–water partition coefficient (Wildman–Crippen LogP) is 3.16. The highest BCUT2D eigenvalue weighted by Crippen LogP contribution is 2.23. The molecule has 2 aromatic carbocycles. The Morgan fingerprint density at radius 3 is 2.29 bits per heavy atom. The third-order valence-corrected chi connectivity index (χ3v) is 3.71. The summed E-state index contributed by atoms with van der Waals surface area (Å²) in [5, 5.41) is 9.50. The molecule has 5 nitrogen and oxygen atoms in total. The van der Waals surface area contributed by atoms with Crippen LogP contribution in [0.15, 0.2) is 54.6 Å². The van der Waals surface area contributed by atoms with E-state index in [9.17, 15) is 14.7 Å². The lowest BCUT2D eigenvalue weighted by atomic mass is 10.1. The van der Waals surface area contributed by atoms with Crippen LogP contribution in [0.25, 0.3) is 0 Å². The van der Waals surface area contributed by atoms with Gasteiger partial charge in [0, 0.05) is 18.7 Å². The molecule has 1 N–H and O–H groups in total. The number of carbonyl (C=O) groups excluding carboxylic acids is 2. The Balaban J connectivity index is 2.29. The fourth-order valence-corrected chi connectivity index (χ4v) is 2.40. The van der Waals surface area contributed by atoms with Crippen molar-refractivity contribution in [3.63, 3.8) is 0 Å². The van der Waals surface area contributed by atoms with E-state index < -0.39 is 12.1 Å². The van der Waals surface area contributed by atoms with Crippen LogP contribution in [0.1, 0.15) is 35.9 Å². The van der Waals surface area contributed by atoms with Crippen molar-refractivity contribution in [3.8, 4) is 5.75 Å². The summed E-state index contributed by atoms with van der Waals surface area (Å²) in [6, 6.07) is 14.8. The topological polar surface area (TPSA) is 66.8 Å². The van der Waals surface area contributed by atoms with E-state index in [4.69, 9.17) is 4.74 Å². The number of phenols is 1. The zero-order valence-electron chi connectivity index (χ0n) is 13.8. The van der Waals surface area contributed by atoms with Crippen LogP contribution in [0.2, 0.25) is 0 Å². The zero-order chi connectivity index (χ0) is 17.5. The van der Waals surface area contributed by atoms with Crippen LogP contribution in [-0.4, -0.2) is 35.0 Å². The van der Waals surface area contributed by atoms with Crippen molar-refractivity contribution >= 4 is 11.9 Å². The van der Waals surface area contributed by atoms with Gasteiger partial charge in [-0.25, -0.2) is 4.79 Å². The van der Waals surface area contributed by atoms with E-state index in [0.29, 0.717) is 18.7 Å². The van der Waals surface area contributed by atoms with Gasteiger partial charge < -0.3 is 14.7 Å². The minimum atomic E-state index is -1.01. The molecule has 0 bridgehead atoms. The number of hydrogen-bond donors (Lipinski definition) is 1. The lowest BCUT2D eigenvalue weighted by Gasteiger charge is -2.25. The maximum atomic E-state index is 12.7. The van der Waals surface area contributed by atoms with Gasteiger partial charge >= 0.3 is 5.97 Å². The third-order valence-electron chi connectivity index (χ3n) is 3.71. The van der Waals surface area contributed by atoms with Gasteiger partial charge in [0.1, 0.15) is 5.75 Å². The van der Waals surface area contributed by atoms with Gasteiger partial charge in [-0.05, 0) is 32.0 Å². The van der Waals surface area contributed by atoms with Gasteiger partial charge in [-0.15, -0.1) is 0 Å². The Kier molecular flexibility index (Phi) is 5.95. The number of amides is 1. The van der Waals surface area contributed by atoms with E-state index in [2.05, 4.69) is 0 Å². The van der Waals surface area contributed by atoms with Crippen molar-refractivity contribution in [2.24, 2.45) is 0 Å². The molecule has 0 radical (unpaired) electrons. The first kappa shape index (κ1) is 17.5. The van der Waals surface area contributed by atoms with Crippen LogP contribution >= 0.6 is 0 Å². The predicted molar refractivity (Wildman–Crippen MR) is 90.6 cm³/mol. The summed E-state index contributed by atoms with van der Waals surface area (Å²) in [5.41, 5.74) is 0.811. The van der Waals surface area contributed by atoms with E-state index >= 15 is 0 Å². The quantitative estimate of drug-likeness (QED) is 0.828. The molecule has 0 aromatic heterocycles. The first-order valence-corrected chi connectivity index (χ1v) is 7.90. The van der Waals surface area contributed by atoms with Crippen LogP contribution in [0, 0.1) is 0 Å². The summed E-state index contributed by atoms with van der Waals surface area (Å²) in [6.45, 7) is 4.81. The van der Waals surface area contributed by atoms with Crippen molar-refractivity contribution in [2.45, 2.75) is 20.0 Å². The molecule has 1 atom stereocenters. The molecule has 1 amide bonds. The average molecular weight is 327 g/mol. The van der Waals surface area contributed by atoms with Crippen molar-refractivity contribution in [1.82, 2.24) is 4.90 Å². The highest BCUT2D eigenvalue weighted by molar-refractivity contribution is 5.93. The van der Waals surface area contributed by atoms with Crippen LogP contribution in [-0.2, 0) is 9.53 Å². The van der Waals surface area contributed by atoms with Gasteiger partial charge in [0.25, 0.3) is 5.91 Å². The van der Waals surface area contributed by atoms with Gasteiger partial charge in [-0.2, -0.15) is 0 Å². The molecule has 2 aromatic rings. The molecular formula is C19H21NO4. The normalized spacial score (nSPS) is 11.6. The second-order valence-corrected chi connectivity index (χ2v) is 5.26. The second-order valence-electron chi connectivity index (χ2n) is 5.26. The van der Waals surface area contributed by atoms with Crippen LogP contribution in [0.5, 0.6) is 5.75 Å². The van der Waals surface area contributed by atoms with E-state index in [1.807, 2.05) is 19.9 Å². The molecule has 0 aliphatic rings. The van der Waals surface area contributed by atoms with E-state index in [1.54, 1.807) is 35.2 Å². The molecule has 0 fully saturated rings. The largest absolute Gasteiger partial charge is 0.508 e. The maximum Gasteiger partial charge on any atom is 0.339 e. The van der Waals surface area contributed by atoms with E-state index in [0.717, 1.165) is 0 Å². The molecule has 0 heterocycles. The lowest BCUT2D eigenvalue weighted by Crippen LogP contribution is -2.36.